The van der Waals surface area contributed by atoms with E-state index in [-0.39, 0.29) is 18.6 Å². The standard InChI is InChI=1S/C20H41NO2/c1-9-11-15(3)13-21(8)18(6)20(10-2)23-19(7)17(5)12-16(4)14-22/h15-18,20,22H,7,9-14H2,1-6,8H3/t15-,16?,17?,18+,20-/m1/s1. The predicted molar refractivity (Wildman–Crippen MR) is 100 cm³/mol. The lowest BCUT2D eigenvalue weighted by Crippen LogP contribution is -2.42. The molecule has 0 spiro atoms. The highest BCUT2D eigenvalue weighted by molar-refractivity contribution is 4.92. The largest absolute Gasteiger partial charge is 0.494 e. The van der Waals surface area contributed by atoms with Gasteiger partial charge in [0.2, 0.25) is 0 Å². The molecule has 3 nitrogen and oxygen atoms in total. The molecule has 0 aromatic carbocycles. The van der Waals surface area contributed by atoms with Crippen molar-refractivity contribution in [2.75, 3.05) is 20.2 Å². The number of allylic oxidation sites excluding steroid dienone is 1. The topological polar surface area (TPSA) is 32.7 Å². The summed E-state index contributed by atoms with van der Waals surface area (Å²) < 4.78 is 6.21. The monoisotopic (exact) mass is 327 g/mol. The van der Waals surface area contributed by atoms with Gasteiger partial charge in [0.15, 0.2) is 0 Å². The summed E-state index contributed by atoms with van der Waals surface area (Å²) in [6, 6.07) is 0.374. The first-order valence-electron chi connectivity index (χ1n) is 9.43. The van der Waals surface area contributed by atoms with E-state index in [1.54, 1.807) is 0 Å². The van der Waals surface area contributed by atoms with Crippen molar-refractivity contribution < 1.29 is 9.84 Å². The summed E-state index contributed by atoms with van der Waals surface area (Å²) in [5.74, 6) is 2.15. The Kier molecular flexibility index (Phi) is 11.6. The van der Waals surface area contributed by atoms with E-state index in [0.717, 1.165) is 31.1 Å². The highest BCUT2D eigenvalue weighted by Crippen LogP contribution is 2.23. The minimum absolute atomic E-state index is 0.174. The molecule has 5 atom stereocenters. The second-order valence-electron chi connectivity index (χ2n) is 7.53. The van der Waals surface area contributed by atoms with E-state index in [1.165, 1.54) is 12.8 Å². The summed E-state index contributed by atoms with van der Waals surface area (Å²) in [6.45, 7) is 18.7. The third-order valence-electron chi connectivity index (χ3n) is 4.94. The lowest BCUT2D eigenvalue weighted by atomic mass is 9.96. The first kappa shape index (κ1) is 22.5. The van der Waals surface area contributed by atoms with Crippen LogP contribution in [0.4, 0.5) is 0 Å². The molecule has 0 bridgehead atoms. The zero-order valence-electron chi connectivity index (χ0n) is 16.6. The van der Waals surface area contributed by atoms with Crippen molar-refractivity contribution in [3.63, 3.8) is 0 Å². The summed E-state index contributed by atoms with van der Waals surface area (Å²) in [4.78, 5) is 2.42. The van der Waals surface area contributed by atoms with Gasteiger partial charge in [-0.3, -0.25) is 4.90 Å². The number of aliphatic hydroxyl groups excluding tert-OH is 1. The van der Waals surface area contributed by atoms with Gasteiger partial charge >= 0.3 is 0 Å². The molecular formula is C20H41NO2. The van der Waals surface area contributed by atoms with Gasteiger partial charge in [0.05, 0.1) is 5.76 Å². The number of hydrogen-bond donors (Lipinski definition) is 1. The zero-order chi connectivity index (χ0) is 18.0. The molecule has 23 heavy (non-hydrogen) atoms. The Bertz CT molecular complexity index is 319. The molecule has 0 aliphatic rings. The van der Waals surface area contributed by atoms with Crippen molar-refractivity contribution in [1.82, 2.24) is 4.90 Å². The molecule has 0 saturated heterocycles. The Balaban J connectivity index is 4.53. The number of likely N-dealkylation sites (N-methyl/N-ethyl adjacent to an activating group) is 1. The molecule has 0 aromatic rings. The van der Waals surface area contributed by atoms with Crippen LogP contribution in [0, 0.1) is 17.8 Å². The number of aliphatic hydroxyl groups is 1. The Morgan fingerprint density at radius 1 is 1.13 bits per heavy atom. The predicted octanol–water partition coefficient (Wildman–Crippen LogP) is 4.71. The van der Waals surface area contributed by atoms with Crippen molar-refractivity contribution in [2.24, 2.45) is 17.8 Å². The average Bonchev–Trinajstić information content (AvgIpc) is 2.51. The fraction of sp³-hybridized carbons (Fsp3) is 0.900. The molecule has 1 N–H and O–H groups in total. The summed E-state index contributed by atoms with van der Waals surface area (Å²) in [5.41, 5.74) is 0. The van der Waals surface area contributed by atoms with Crippen LogP contribution in [0.2, 0.25) is 0 Å². The van der Waals surface area contributed by atoms with E-state index < -0.39 is 0 Å². The highest BCUT2D eigenvalue weighted by atomic mass is 16.5. The van der Waals surface area contributed by atoms with E-state index in [9.17, 15) is 5.11 Å². The van der Waals surface area contributed by atoms with Gasteiger partial charge in [-0.2, -0.15) is 0 Å². The highest BCUT2D eigenvalue weighted by Gasteiger charge is 2.24. The first-order valence-corrected chi connectivity index (χ1v) is 9.43. The van der Waals surface area contributed by atoms with Crippen molar-refractivity contribution in [3.05, 3.63) is 12.3 Å². The van der Waals surface area contributed by atoms with Crippen LogP contribution in [-0.2, 0) is 4.74 Å². The third-order valence-corrected chi connectivity index (χ3v) is 4.94. The van der Waals surface area contributed by atoms with Gasteiger partial charge in [-0.15, -0.1) is 0 Å². The molecule has 2 unspecified atom stereocenters. The second-order valence-corrected chi connectivity index (χ2v) is 7.53. The minimum Gasteiger partial charge on any atom is -0.494 e. The lowest BCUT2D eigenvalue weighted by molar-refractivity contribution is 0.0201. The molecule has 0 radical (unpaired) electrons. The van der Waals surface area contributed by atoms with Crippen molar-refractivity contribution >= 4 is 0 Å². The molecule has 0 amide bonds. The Morgan fingerprint density at radius 2 is 1.74 bits per heavy atom. The zero-order valence-corrected chi connectivity index (χ0v) is 16.6. The van der Waals surface area contributed by atoms with Gasteiger partial charge < -0.3 is 9.84 Å². The Morgan fingerprint density at radius 3 is 2.22 bits per heavy atom. The van der Waals surface area contributed by atoms with Gasteiger partial charge in [0, 0.05) is 25.1 Å². The SMILES string of the molecule is C=C(O[C@H](CC)[C@H](C)N(C)C[C@H](C)CCC)C(C)CC(C)CO. The molecule has 0 saturated carbocycles. The number of hydrogen-bond acceptors (Lipinski definition) is 3. The van der Waals surface area contributed by atoms with E-state index in [1.807, 2.05) is 0 Å². The fourth-order valence-corrected chi connectivity index (χ4v) is 3.17. The minimum atomic E-state index is 0.174. The maximum Gasteiger partial charge on any atom is 0.113 e. The fourth-order valence-electron chi connectivity index (χ4n) is 3.17. The van der Waals surface area contributed by atoms with Crippen LogP contribution in [0.3, 0.4) is 0 Å². The first-order chi connectivity index (χ1) is 10.8. The number of rotatable bonds is 13. The van der Waals surface area contributed by atoms with Crippen molar-refractivity contribution in [3.8, 4) is 0 Å². The van der Waals surface area contributed by atoms with Crippen LogP contribution in [0.15, 0.2) is 12.3 Å². The Labute approximate surface area is 145 Å². The van der Waals surface area contributed by atoms with E-state index in [4.69, 9.17) is 4.74 Å². The maximum atomic E-state index is 9.20. The molecule has 0 aromatic heterocycles. The molecule has 0 fully saturated rings. The third kappa shape index (κ3) is 8.76. The quantitative estimate of drug-likeness (QED) is 0.497. The van der Waals surface area contributed by atoms with Crippen molar-refractivity contribution in [1.29, 1.82) is 0 Å². The maximum absolute atomic E-state index is 9.20. The summed E-state index contributed by atoms with van der Waals surface area (Å²) in [5, 5.41) is 9.20. The van der Waals surface area contributed by atoms with Crippen molar-refractivity contribution in [2.45, 2.75) is 79.4 Å². The number of ether oxygens (including phenoxy) is 1. The van der Waals surface area contributed by atoms with Crippen LogP contribution < -0.4 is 0 Å². The normalized spacial score (nSPS) is 18.3. The van der Waals surface area contributed by atoms with E-state index in [0.29, 0.717) is 12.0 Å². The molecule has 138 valence electrons. The van der Waals surface area contributed by atoms with Crippen LogP contribution in [0.5, 0.6) is 0 Å². The van der Waals surface area contributed by atoms with Gasteiger partial charge in [-0.05, 0) is 45.1 Å². The average molecular weight is 328 g/mol. The van der Waals surface area contributed by atoms with Gasteiger partial charge in [-0.1, -0.05) is 47.6 Å². The Hall–Kier alpha value is -0.540. The number of nitrogens with zero attached hydrogens (tertiary/aromatic N) is 1. The van der Waals surface area contributed by atoms with Crippen LogP contribution in [0.25, 0.3) is 0 Å². The molecule has 0 aliphatic carbocycles. The van der Waals surface area contributed by atoms with Crippen LogP contribution in [0.1, 0.15) is 67.2 Å². The van der Waals surface area contributed by atoms with E-state index >= 15 is 0 Å². The smallest absolute Gasteiger partial charge is 0.113 e. The molecule has 0 rings (SSSR count). The summed E-state index contributed by atoms with van der Waals surface area (Å²) in [6.07, 6.45) is 4.60. The van der Waals surface area contributed by atoms with Crippen LogP contribution in [-0.4, -0.2) is 42.4 Å². The van der Waals surface area contributed by atoms with Gasteiger partial charge in [0.1, 0.15) is 6.10 Å². The second kappa shape index (κ2) is 11.9. The molecule has 3 heteroatoms. The summed E-state index contributed by atoms with van der Waals surface area (Å²) >= 11 is 0. The molecule has 0 aliphatic heterocycles. The van der Waals surface area contributed by atoms with E-state index in [2.05, 4.69) is 60.1 Å². The van der Waals surface area contributed by atoms with Gasteiger partial charge in [0.25, 0.3) is 0 Å². The van der Waals surface area contributed by atoms with Gasteiger partial charge in [-0.25, -0.2) is 0 Å². The molecular weight excluding hydrogens is 286 g/mol. The molecule has 0 heterocycles. The summed E-state index contributed by atoms with van der Waals surface area (Å²) in [7, 11) is 2.20. The van der Waals surface area contributed by atoms with Crippen LogP contribution >= 0.6 is 0 Å². The lowest BCUT2D eigenvalue weighted by Gasteiger charge is -2.34.